The number of benzene rings is 2. The van der Waals surface area contributed by atoms with E-state index < -0.39 is 15.7 Å². The summed E-state index contributed by atoms with van der Waals surface area (Å²) in [6, 6.07) is 9.51. The Morgan fingerprint density at radius 3 is 2.30 bits per heavy atom. The molecular weight excluding hydrogens is 283 g/mol. The molecule has 0 spiro atoms. The average molecular weight is 294 g/mol. The highest BCUT2D eigenvalue weighted by Crippen LogP contribution is 2.28. The van der Waals surface area contributed by atoms with Crippen LogP contribution in [0.1, 0.15) is 10.4 Å². The number of hydrogen-bond acceptors (Lipinski definition) is 4. The lowest BCUT2D eigenvalue weighted by Crippen LogP contribution is -1.97. The predicted octanol–water partition coefficient (Wildman–Crippen LogP) is 2.83. The Balaban J connectivity index is 2.34. The van der Waals surface area contributed by atoms with E-state index in [1.807, 2.05) is 0 Å². The molecule has 0 saturated carbocycles. The fourth-order valence-corrected chi connectivity index (χ4v) is 2.23. The summed E-state index contributed by atoms with van der Waals surface area (Å²) in [5, 5.41) is 0. The number of sulfone groups is 1. The summed E-state index contributed by atoms with van der Waals surface area (Å²) in [5.74, 6) is -0.609. The van der Waals surface area contributed by atoms with Gasteiger partial charge in [0.15, 0.2) is 27.7 Å². The first-order chi connectivity index (χ1) is 9.41. The lowest BCUT2D eigenvalue weighted by Gasteiger charge is -2.09. The molecule has 0 atom stereocenters. The molecule has 0 aliphatic carbocycles. The van der Waals surface area contributed by atoms with Crippen molar-refractivity contribution in [2.24, 2.45) is 0 Å². The maximum absolute atomic E-state index is 13.6. The standard InChI is InChI=1S/C14H11FO4S/c1-20(17,18)12-7-5-11(6-8-12)19-14-10(9-16)3-2-4-13(14)15/h2-9H,1H3. The summed E-state index contributed by atoms with van der Waals surface area (Å²) in [6.45, 7) is 0. The first kappa shape index (κ1) is 14.2. The van der Waals surface area contributed by atoms with Crippen molar-refractivity contribution in [2.75, 3.05) is 6.26 Å². The Kier molecular flexibility index (Phi) is 3.85. The van der Waals surface area contributed by atoms with Gasteiger partial charge in [0.25, 0.3) is 0 Å². The van der Waals surface area contributed by atoms with Crippen molar-refractivity contribution in [1.29, 1.82) is 0 Å². The molecule has 0 fully saturated rings. The molecule has 104 valence electrons. The van der Waals surface area contributed by atoms with Gasteiger partial charge in [-0.3, -0.25) is 4.79 Å². The molecule has 0 aliphatic heterocycles. The van der Waals surface area contributed by atoms with Crippen LogP contribution in [-0.4, -0.2) is 21.0 Å². The van der Waals surface area contributed by atoms with Crippen molar-refractivity contribution >= 4 is 16.1 Å². The summed E-state index contributed by atoms with van der Waals surface area (Å²) in [4.78, 5) is 11.0. The minimum absolute atomic E-state index is 0.0807. The minimum atomic E-state index is -3.30. The van der Waals surface area contributed by atoms with Crippen LogP contribution in [0.5, 0.6) is 11.5 Å². The maximum Gasteiger partial charge on any atom is 0.175 e. The van der Waals surface area contributed by atoms with E-state index in [0.717, 1.165) is 6.26 Å². The number of ether oxygens (including phenoxy) is 1. The van der Waals surface area contributed by atoms with Crippen molar-refractivity contribution in [1.82, 2.24) is 0 Å². The zero-order valence-electron chi connectivity index (χ0n) is 10.5. The van der Waals surface area contributed by atoms with E-state index in [4.69, 9.17) is 4.74 Å². The van der Waals surface area contributed by atoms with Crippen molar-refractivity contribution in [3.8, 4) is 11.5 Å². The molecule has 0 aromatic heterocycles. The summed E-state index contributed by atoms with van der Waals surface area (Å²) >= 11 is 0. The van der Waals surface area contributed by atoms with E-state index in [0.29, 0.717) is 6.29 Å². The molecule has 0 aliphatic rings. The summed E-state index contributed by atoms with van der Waals surface area (Å²) in [7, 11) is -3.30. The molecule has 0 radical (unpaired) electrons. The average Bonchev–Trinajstić information content (AvgIpc) is 2.40. The van der Waals surface area contributed by atoms with E-state index in [1.54, 1.807) is 0 Å². The first-order valence-corrected chi connectivity index (χ1v) is 7.52. The fourth-order valence-electron chi connectivity index (χ4n) is 1.60. The summed E-state index contributed by atoms with van der Waals surface area (Å²) in [5.41, 5.74) is 0.0807. The van der Waals surface area contributed by atoms with Gasteiger partial charge in [-0.25, -0.2) is 12.8 Å². The number of carbonyl (C=O) groups excluding carboxylic acids is 1. The molecule has 0 unspecified atom stereocenters. The molecule has 0 heterocycles. The van der Waals surface area contributed by atoms with Crippen LogP contribution in [0.2, 0.25) is 0 Å². The van der Waals surface area contributed by atoms with Gasteiger partial charge in [-0.15, -0.1) is 0 Å². The number of rotatable bonds is 4. The molecule has 2 rings (SSSR count). The van der Waals surface area contributed by atoms with E-state index >= 15 is 0 Å². The molecule has 0 saturated heterocycles. The van der Waals surface area contributed by atoms with E-state index in [2.05, 4.69) is 0 Å². The van der Waals surface area contributed by atoms with Gasteiger partial charge >= 0.3 is 0 Å². The van der Waals surface area contributed by atoms with Crippen LogP contribution in [0.25, 0.3) is 0 Å². The Bertz CT molecular complexity index is 736. The van der Waals surface area contributed by atoms with E-state index in [9.17, 15) is 17.6 Å². The third-order valence-electron chi connectivity index (χ3n) is 2.60. The van der Waals surface area contributed by atoms with Gasteiger partial charge in [0, 0.05) is 6.26 Å². The molecule has 6 heteroatoms. The lowest BCUT2D eigenvalue weighted by molar-refractivity contribution is 0.112. The second kappa shape index (κ2) is 5.42. The van der Waals surface area contributed by atoms with Crippen molar-refractivity contribution < 1.29 is 22.3 Å². The van der Waals surface area contributed by atoms with Crippen LogP contribution in [0.15, 0.2) is 47.4 Å². The van der Waals surface area contributed by atoms with Gasteiger partial charge < -0.3 is 4.74 Å². The molecule has 2 aromatic rings. The quantitative estimate of drug-likeness (QED) is 0.814. The van der Waals surface area contributed by atoms with Crippen molar-refractivity contribution in [3.05, 3.63) is 53.8 Å². The van der Waals surface area contributed by atoms with Crippen LogP contribution in [-0.2, 0) is 9.84 Å². The minimum Gasteiger partial charge on any atom is -0.454 e. The van der Waals surface area contributed by atoms with Crippen LogP contribution < -0.4 is 4.74 Å². The van der Waals surface area contributed by atoms with E-state index in [-0.39, 0.29) is 22.0 Å². The molecular formula is C14H11FO4S. The summed E-state index contributed by atoms with van der Waals surface area (Å²) < 4.78 is 41.5. The van der Waals surface area contributed by atoms with E-state index in [1.165, 1.54) is 42.5 Å². The monoisotopic (exact) mass is 294 g/mol. The van der Waals surface area contributed by atoms with Gasteiger partial charge in [-0.1, -0.05) is 6.07 Å². The molecule has 2 aromatic carbocycles. The van der Waals surface area contributed by atoms with Gasteiger partial charge in [0.2, 0.25) is 0 Å². The number of halogens is 1. The molecule has 4 nitrogen and oxygen atoms in total. The second-order valence-corrected chi connectivity index (χ2v) is 6.14. The number of hydrogen-bond donors (Lipinski definition) is 0. The zero-order valence-corrected chi connectivity index (χ0v) is 11.4. The van der Waals surface area contributed by atoms with Gasteiger partial charge in [0.05, 0.1) is 10.5 Å². The largest absolute Gasteiger partial charge is 0.454 e. The Labute approximate surface area is 115 Å². The molecule has 20 heavy (non-hydrogen) atoms. The number of aldehydes is 1. The van der Waals surface area contributed by atoms with Crippen molar-refractivity contribution in [3.63, 3.8) is 0 Å². The normalized spacial score (nSPS) is 11.1. The Hall–Kier alpha value is -2.21. The summed E-state index contributed by atoms with van der Waals surface area (Å²) in [6.07, 6.45) is 1.58. The number of para-hydroxylation sites is 1. The Morgan fingerprint density at radius 1 is 1.10 bits per heavy atom. The van der Waals surface area contributed by atoms with Crippen LogP contribution in [0.4, 0.5) is 4.39 Å². The second-order valence-electron chi connectivity index (χ2n) is 4.12. The van der Waals surface area contributed by atoms with Gasteiger partial charge in [0.1, 0.15) is 5.75 Å². The molecule has 0 bridgehead atoms. The van der Waals surface area contributed by atoms with Gasteiger partial charge in [-0.05, 0) is 36.4 Å². The highest BCUT2D eigenvalue weighted by molar-refractivity contribution is 7.90. The zero-order chi connectivity index (χ0) is 14.8. The van der Waals surface area contributed by atoms with Crippen LogP contribution >= 0.6 is 0 Å². The fraction of sp³-hybridized carbons (Fsp3) is 0.0714. The van der Waals surface area contributed by atoms with Crippen LogP contribution in [0.3, 0.4) is 0 Å². The van der Waals surface area contributed by atoms with Crippen LogP contribution in [0, 0.1) is 5.82 Å². The molecule has 0 amide bonds. The highest BCUT2D eigenvalue weighted by Gasteiger charge is 2.11. The maximum atomic E-state index is 13.6. The predicted molar refractivity (Wildman–Crippen MR) is 71.4 cm³/mol. The highest BCUT2D eigenvalue weighted by atomic mass is 32.2. The smallest absolute Gasteiger partial charge is 0.175 e. The third-order valence-corrected chi connectivity index (χ3v) is 3.72. The lowest BCUT2D eigenvalue weighted by atomic mass is 10.2. The SMILES string of the molecule is CS(=O)(=O)c1ccc(Oc2c(F)cccc2C=O)cc1. The first-order valence-electron chi connectivity index (χ1n) is 5.63. The third kappa shape index (κ3) is 3.03. The topological polar surface area (TPSA) is 60.4 Å². The molecule has 0 N–H and O–H groups in total. The number of carbonyl (C=O) groups is 1. The van der Waals surface area contributed by atoms with Crippen molar-refractivity contribution in [2.45, 2.75) is 4.90 Å². The Morgan fingerprint density at radius 2 is 1.75 bits per heavy atom. The van der Waals surface area contributed by atoms with Gasteiger partial charge in [-0.2, -0.15) is 0 Å².